The van der Waals surface area contributed by atoms with Gasteiger partial charge in [-0.2, -0.15) is 0 Å². The molecule has 0 spiro atoms. The molecule has 0 amide bonds. The van der Waals surface area contributed by atoms with Crippen molar-refractivity contribution in [3.05, 3.63) is 0 Å². The fourth-order valence-corrected chi connectivity index (χ4v) is 1.72. The minimum Gasteiger partial charge on any atom is -0.394 e. The largest absolute Gasteiger partial charge is 0.394 e. The van der Waals surface area contributed by atoms with Crippen LogP contribution in [-0.2, 0) is 4.74 Å². The summed E-state index contributed by atoms with van der Waals surface area (Å²) in [5, 5.41) is 12.7. The third-order valence-electron chi connectivity index (χ3n) is 3.42. The maximum atomic E-state index is 9.35. The second kappa shape index (κ2) is 8.06. The highest BCUT2D eigenvalue weighted by atomic mass is 16.5. The summed E-state index contributed by atoms with van der Waals surface area (Å²) in [7, 11) is 0. The van der Waals surface area contributed by atoms with E-state index in [9.17, 15) is 5.11 Å². The van der Waals surface area contributed by atoms with Crippen LogP contribution in [0.5, 0.6) is 0 Å². The molecule has 104 valence electrons. The van der Waals surface area contributed by atoms with Crippen LogP contribution in [0.4, 0.5) is 0 Å². The summed E-state index contributed by atoms with van der Waals surface area (Å²) in [6.45, 7) is 12.5. The van der Waals surface area contributed by atoms with Gasteiger partial charge in [0.05, 0.1) is 12.2 Å². The second-order valence-corrected chi connectivity index (χ2v) is 5.67. The molecule has 0 bridgehead atoms. The lowest BCUT2D eigenvalue weighted by atomic mass is 9.96. The molecule has 0 aliphatic rings. The molecule has 0 heterocycles. The number of ether oxygens (including phenoxy) is 1. The van der Waals surface area contributed by atoms with Gasteiger partial charge in [-0.25, -0.2) is 0 Å². The molecule has 0 saturated heterocycles. The van der Waals surface area contributed by atoms with E-state index < -0.39 is 0 Å². The molecule has 1 unspecified atom stereocenters. The van der Waals surface area contributed by atoms with Gasteiger partial charge in [0.25, 0.3) is 0 Å². The van der Waals surface area contributed by atoms with E-state index in [0.717, 1.165) is 38.8 Å². The lowest BCUT2D eigenvalue weighted by molar-refractivity contribution is -0.0223. The van der Waals surface area contributed by atoms with Gasteiger partial charge in [-0.05, 0) is 53.0 Å². The molecular formula is C14H31NO2. The second-order valence-electron chi connectivity index (χ2n) is 5.67. The Labute approximate surface area is 107 Å². The molecule has 3 nitrogen and oxygen atoms in total. The Balaban J connectivity index is 3.69. The number of aliphatic hydroxyl groups excluding tert-OH is 1. The predicted molar refractivity (Wildman–Crippen MR) is 73.3 cm³/mol. The highest BCUT2D eigenvalue weighted by Gasteiger charge is 2.21. The number of likely N-dealkylation sites (N-methyl/N-ethyl adjacent to an activating group) is 1. The van der Waals surface area contributed by atoms with E-state index in [1.165, 1.54) is 0 Å². The van der Waals surface area contributed by atoms with Crippen LogP contribution in [0.15, 0.2) is 0 Å². The van der Waals surface area contributed by atoms with Gasteiger partial charge in [-0.1, -0.05) is 13.8 Å². The molecule has 0 radical (unpaired) electrons. The molecule has 3 heteroatoms. The Hall–Kier alpha value is -0.120. The first-order valence-electron chi connectivity index (χ1n) is 6.89. The molecule has 0 aromatic heterocycles. The Morgan fingerprint density at radius 3 is 2.24 bits per heavy atom. The van der Waals surface area contributed by atoms with Crippen LogP contribution in [0.25, 0.3) is 0 Å². The number of hydrogen-bond donors (Lipinski definition) is 2. The molecule has 0 aromatic rings. The zero-order valence-electron chi connectivity index (χ0n) is 12.3. The standard InChI is InChI=1S/C14H31NO2/c1-6-13(3,4)17-11-9-8-10-14(5,12-16)15-7-2/h15-16H,6-12H2,1-5H3. The van der Waals surface area contributed by atoms with Crippen LogP contribution in [0.2, 0.25) is 0 Å². The van der Waals surface area contributed by atoms with Gasteiger partial charge in [0.1, 0.15) is 0 Å². The van der Waals surface area contributed by atoms with Crippen molar-refractivity contribution in [2.24, 2.45) is 0 Å². The molecule has 0 aliphatic carbocycles. The average molecular weight is 245 g/mol. The van der Waals surface area contributed by atoms with Crippen LogP contribution in [0.3, 0.4) is 0 Å². The van der Waals surface area contributed by atoms with Gasteiger partial charge >= 0.3 is 0 Å². The summed E-state index contributed by atoms with van der Waals surface area (Å²) >= 11 is 0. The van der Waals surface area contributed by atoms with Crippen molar-refractivity contribution in [1.82, 2.24) is 5.32 Å². The van der Waals surface area contributed by atoms with Gasteiger partial charge in [0.2, 0.25) is 0 Å². The predicted octanol–water partition coefficient (Wildman–Crippen LogP) is 2.72. The number of hydrogen-bond acceptors (Lipinski definition) is 3. The first-order chi connectivity index (χ1) is 7.89. The highest BCUT2D eigenvalue weighted by Crippen LogP contribution is 2.16. The highest BCUT2D eigenvalue weighted by molar-refractivity contribution is 4.81. The monoisotopic (exact) mass is 245 g/mol. The lowest BCUT2D eigenvalue weighted by Crippen LogP contribution is -2.45. The van der Waals surface area contributed by atoms with Crippen molar-refractivity contribution < 1.29 is 9.84 Å². The lowest BCUT2D eigenvalue weighted by Gasteiger charge is -2.29. The van der Waals surface area contributed by atoms with E-state index in [4.69, 9.17) is 4.74 Å². The van der Waals surface area contributed by atoms with Crippen molar-refractivity contribution in [3.8, 4) is 0 Å². The molecule has 17 heavy (non-hydrogen) atoms. The molecule has 0 fully saturated rings. The van der Waals surface area contributed by atoms with Crippen molar-refractivity contribution >= 4 is 0 Å². The quantitative estimate of drug-likeness (QED) is 0.582. The Morgan fingerprint density at radius 2 is 1.76 bits per heavy atom. The SMILES string of the molecule is CCNC(C)(CO)CCCCOC(C)(C)CC. The van der Waals surface area contributed by atoms with E-state index in [1.807, 2.05) is 0 Å². The smallest absolute Gasteiger partial charge is 0.0623 e. The zero-order valence-corrected chi connectivity index (χ0v) is 12.3. The molecule has 2 N–H and O–H groups in total. The van der Waals surface area contributed by atoms with Gasteiger partial charge in [0, 0.05) is 12.1 Å². The van der Waals surface area contributed by atoms with Gasteiger partial charge in [-0.15, -0.1) is 0 Å². The minimum absolute atomic E-state index is 0.00193. The fraction of sp³-hybridized carbons (Fsp3) is 1.00. The summed E-state index contributed by atoms with van der Waals surface area (Å²) in [6.07, 6.45) is 4.18. The topological polar surface area (TPSA) is 41.5 Å². The zero-order chi connectivity index (χ0) is 13.4. The van der Waals surface area contributed by atoms with Crippen molar-refractivity contribution in [3.63, 3.8) is 0 Å². The minimum atomic E-state index is -0.130. The van der Waals surface area contributed by atoms with Crippen molar-refractivity contribution in [2.45, 2.75) is 71.4 Å². The normalized spacial score (nSPS) is 15.9. The third kappa shape index (κ3) is 7.74. The molecule has 1 atom stereocenters. The first kappa shape index (κ1) is 16.9. The number of nitrogens with one attached hydrogen (secondary N) is 1. The van der Waals surface area contributed by atoms with E-state index >= 15 is 0 Å². The Bertz CT molecular complexity index is 195. The number of aliphatic hydroxyl groups is 1. The molecular weight excluding hydrogens is 214 g/mol. The Morgan fingerprint density at radius 1 is 1.12 bits per heavy atom. The van der Waals surface area contributed by atoms with Crippen molar-refractivity contribution in [2.75, 3.05) is 19.8 Å². The number of rotatable bonds is 10. The molecule has 0 rings (SSSR count). The Kier molecular flexibility index (Phi) is 8.01. The molecule has 0 saturated carbocycles. The molecule has 0 aromatic carbocycles. The van der Waals surface area contributed by atoms with Gasteiger partial charge in [-0.3, -0.25) is 0 Å². The molecule has 0 aliphatic heterocycles. The van der Waals surface area contributed by atoms with Crippen LogP contribution in [0, 0.1) is 0 Å². The first-order valence-corrected chi connectivity index (χ1v) is 6.89. The third-order valence-corrected chi connectivity index (χ3v) is 3.42. The van der Waals surface area contributed by atoms with Crippen LogP contribution >= 0.6 is 0 Å². The van der Waals surface area contributed by atoms with Crippen LogP contribution in [0.1, 0.15) is 60.3 Å². The van der Waals surface area contributed by atoms with E-state index in [-0.39, 0.29) is 17.7 Å². The van der Waals surface area contributed by atoms with Crippen LogP contribution in [-0.4, -0.2) is 36.0 Å². The van der Waals surface area contributed by atoms with Gasteiger partial charge < -0.3 is 15.2 Å². The fourth-order valence-electron chi connectivity index (χ4n) is 1.72. The summed E-state index contributed by atoms with van der Waals surface area (Å²) < 4.78 is 5.80. The number of unbranched alkanes of at least 4 members (excludes halogenated alkanes) is 1. The summed E-state index contributed by atoms with van der Waals surface area (Å²) in [6, 6.07) is 0. The maximum Gasteiger partial charge on any atom is 0.0623 e. The maximum absolute atomic E-state index is 9.35. The summed E-state index contributed by atoms with van der Waals surface area (Å²) in [5.74, 6) is 0. The summed E-state index contributed by atoms with van der Waals surface area (Å²) in [5.41, 5.74) is -0.128. The summed E-state index contributed by atoms with van der Waals surface area (Å²) in [4.78, 5) is 0. The van der Waals surface area contributed by atoms with Gasteiger partial charge in [0.15, 0.2) is 0 Å². The van der Waals surface area contributed by atoms with Crippen molar-refractivity contribution in [1.29, 1.82) is 0 Å². The van der Waals surface area contributed by atoms with Crippen LogP contribution < -0.4 is 5.32 Å². The van der Waals surface area contributed by atoms with E-state index in [0.29, 0.717) is 0 Å². The average Bonchev–Trinajstić information content (AvgIpc) is 2.29. The van der Waals surface area contributed by atoms with E-state index in [1.54, 1.807) is 0 Å². The van der Waals surface area contributed by atoms with E-state index in [2.05, 4.69) is 39.9 Å².